The summed E-state index contributed by atoms with van der Waals surface area (Å²) in [5.74, 6) is -0.800. The summed E-state index contributed by atoms with van der Waals surface area (Å²) in [7, 11) is -1.44. The highest BCUT2D eigenvalue weighted by molar-refractivity contribution is 6.76. The summed E-state index contributed by atoms with van der Waals surface area (Å²) in [5.41, 5.74) is 0.159. The molecule has 0 saturated carbocycles. The first-order valence-corrected chi connectivity index (χ1v) is 18.5. The molecule has 0 aromatic heterocycles. The quantitative estimate of drug-likeness (QED) is 0.133. The maximum absolute atomic E-state index is 13.5. The molecule has 0 bridgehead atoms. The van der Waals surface area contributed by atoms with Crippen molar-refractivity contribution in [2.75, 3.05) is 19.7 Å². The van der Waals surface area contributed by atoms with Gasteiger partial charge in [0.2, 0.25) is 0 Å². The van der Waals surface area contributed by atoms with E-state index in [9.17, 15) is 19.5 Å². The average Bonchev–Trinajstić information content (AvgIpc) is 2.85. The molecule has 0 spiro atoms. The van der Waals surface area contributed by atoms with Gasteiger partial charge in [0.05, 0.1) is 19.3 Å². The van der Waals surface area contributed by atoms with Crippen molar-refractivity contribution >= 4 is 26.2 Å². The van der Waals surface area contributed by atoms with Gasteiger partial charge in [-0.05, 0) is 51.1 Å². The van der Waals surface area contributed by atoms with Crippen molar-refractivity contribution in [2.24, 2.45) is 11.8 Å². The van der Waals surface area contributed by atoms with Crippen LogP contribution >= 0.6 is 0 Å². The molecule has 3 atom stereocenters. The molecule has 1 unspecified atom stereocenters. The summed E-state index contributed by atoms with van der Waals surface area (Å²) in [6, 6.07) is 9.18. The van der Waals surface area contributed by atoms with Crippen LogP contribution in [0.15, 0.2) is 30.3 Å². The second-order valence-electron chi connectivity index (χ2n) is 13.3. The highest BCUT2D eigenvalue weighted by Gasteiger charge is 2.36. The number of nitrogens with one attached hydrogen (secondary N) is 1. The Morgan fingerprint density at radius 1 is 1.05 bits per heavy atom. The van der Waals surface area contributed by atoms with Gasteiger partial charge in [-0.3, -0.25) is 4.90 Å². The summed E-state index contributed by atoms with van der Waals surface area (Å²) in [6.45, 7) is 18.2. The number of carbonyl (C=O) groups is 3. The number of nitrogens with zero attached hydrogens (tertiary/aromatic N) is 1. The van der Waals surface area contributed by atoms with Gasteiger partial charge in [-0.2, -0.15) is 0 Å². The van der Waals surface area contributed by atoms with E-state index in [0.717, 1.165) is 18.0 Å². The second-order valence-corrected chi connectivity index (χ2v) is 18.9. The molecule has 234 valence electrons. The molecule has 0 saturated heterocycles. The van der Waals surface area contributed by atoms with Gasteiger partial charge in [0.25, 0.3) is 0 Å². The van der Waals surface area contributed by atoms with Crippen LogP contribution in [0.25, 0.3) is 0 Å². The monoisotopic (exact) mass is 594 g/mol. The van der Waals surface area contributed by atoms with E-state index in [4.69, 9.17) is 14.2 Å². The van der Waals surface area contributed by atoms with Crippen LogP contribution in [0.3, 0.4) is 0 Å². The lowest BCUT2D eigenvalue weighted by atomic mass is 9.95. The third kappa shape index (κ3) is 15.8. The van der Waals surface area contributed by atoms with Crippen LogP contribution in [0.2, 0.25) is 25.7 Å². The number of benzene rings is 1. The minimum absolute atomic E-state index is 0.0317. The van der Waals surface area contributed by atoms with E-state index in [1.54, 1.807) is 20.8 Å². The molecule has 0 radical (unpaired) electrons. The number of hydrogen-bond donors (Lipinski definition) is 2. The number of esters is 1. The lowest BCUT2D eigenvalue weighted by Gasteiger charge is -2.34. The van der Waals surface area contributed by atoms with Crippen LogP contribution < -0.4 is 5.32 Å². The summed E-state index contributed by atoms with van der Waals surface area (Å²) >= 11 is 0. The predicted octanol–water partition coefficient (Wildman–Crippen LogP) is 6.22. The maximum Gasteiger partial charge on any atom is 0.410 e. The van der Waals surface area contributed by atoms with Gasteiger partial charge in [0.15, 0.2) is 0 Å². The molecule has 0 aliphatic carbocycles. The van der Waals surface area contributed by atoms with E-state index in [1.165, 1.54) is 4.90 Å². The van der Waals surface area contributed by atoms with Gasteiger partial charge in [-0.1, -0.05) is 77.2 Å². The van der Waals surface area contributed by atoms with E-state index < -0.39 is 44.0 Å². The SMILES string of the molecule is CCCC(CNC(=O)OC(C)(C)C)[C@H](O)CN(C(=O)OCc1ccccc1)[C@@H](CC(C)C)C(=O)OCC[Si](C)(C)C. The van der Waals surface area contributed by atoms with Crippen molar-refractivity contribution in [3.63, 3.8) is 0 Å². The molecule has 41 heavy (non-hydrogen) atoms. The third-order valence-electron chi connectivity index (χ3n) is 6.37. The number of aliphatic hydroxyl groups excluding tert-OH is 1. The molecule has 1 aromatic carbocycles. The number of amides is 2. The number of aliphatic hydroxyl groups is 1. The zero-order valence-corrected chi connectivity index (χ0v) is 27.7. The Balaban J connectivity index is 3.18. The molecular formula is C31H54N2O7Si. The molecular weight excluding hydrogens is 540 g/mol. The van der Waals surface area contributed by atoms with Crippen molar-refractivity contribution in [3.05, 3.63) is 35.9 Å². The summed E-state index contributed by atoms with van der Waals surface area (Å²) in [6.07, 6.45) is -0.597. The van der Waals surface area contributed by atoms with Crippen molar-refractivity contribution in [3.8, 4) is 0 Å². The fourth-order valence-corrected chi connectivity index (χ4v) is 4.88. The molecule has 9 nitrogen and oxygen atoms in total. The fourth-order valence-electron chi connectivity index (χ4n) is 4.16. The smallest absolute Gasteiger partial charge is 0.410 e. The van der Waals surface area contributed by atoms with E-state index in [2.05, 4.69) is 25.0 Å². The normalized spacial score (nSPS) is 14.1. The van der Waals surface area contributed by atoms with Gasteiger partial charge >= 0.3 is 18.2 Å². The van der Waals surface area contributed by atoms with Gasteiger partial charge in [0.1, 0.15) is 18.2 Å². The van der Waals surface area contributed by atoms with Crippen molar-refractivity contribution in [1.82, 2.24) is 10.2 Å². The van der Waals surface area contributed by atoms with Gasteiger partial charge in [0, 0.05) is 20.5 Å². The first-order valence-electron chi connectivity index (χ1n) is 14.8. The van der Waals surface area contributed by atoms with Crippen molar-refractivity contribution in [1.29, 1.82) is 0 Å². The van der Waals surface area contributed by atoms with Crippen LogP contribution in [0.1, 0.15) is 66.4 Å². The Bertz CT molecular complexity index is 929. The molecule has 1 aromatic rings. The van der Waals surface area contributed by atoms with Crippen LogP contribution in [-0.2, 0) is 25.6 Å². The molecule has 0 aliphatic heterocycles. The highest BCUT2D eigenvalue weighted by atomic mass is 28.3. The van der Waals surface area contributed by atoms with Crippen molar-refractivity contribution < 1.29 is 33.7 Å². The summed E-state index contributed by atoms with van der Waals surface area (Å²) < 4.78 is 16.7. The Morgan fingerprint density at radius 3 is 2.22 bits per heavy atom. The fraction of sp³-hybridized carbons (Fsp3) is 0.710. The number of ether oxygens (including phenoxy) is 3. The molecule has 10 heteroatoms. The molecule has 2 N–H and O–H groups in total. The van der Waals surface area contributed by atoms with Gasteiger partial charge in [-0.15, -0.1) is 0 Å². The van der Waals surface area contributed by atoms with Crippen LogP contribution in [0.4, 0.5) is 9.59 Å². The summed E-state index contributed by atoms with van der Waals surface area (Å²) in [4.78, 5) is 40.5. The van der Waals surface area contributed by atoms with Crippen LogP contribution in [0.5, 0.6) is 0 Å². The van der Waals surface area contributed by atoms with Gasteiger partial charge in [-0.25, -0.2) is 14.4 Å². The van der Waals surface area contributed by atoms with Crippen molar-refractivity contribution in [2.45, 2.75) is 111 Å². The number of hydrogen-bond acceptors (Lipinski definition) is 7. The minimum atomic E-state index is -1.44. The Hall–Kier alpha value is -2.59. The predicted molar refractivity (Wildman–Crippen MR) is 164 cm³/mol. The minimum Gasteiger partial charge on any atom is -0.464 e. The van der Waals surface area contributed by atoms with E-state index in [1.807, 2.05) is 51.1 Å². The molecule has 0 aliphatic rings. The zero-order valence-electron chi connectivity index (χ0n) is 26.7. The summed E-state index contributed by atoms with van der Waals surface area (Å²) in [5, 5.41) is 14.1. The first-order chi connectivity index (χ1) is 19.0. The Labute approximate surface area is 248 Å². The number of rotatable bonds is 16. The number of carbonyl (C=O) groups excluding carboxylic acids is 3. The lowest BCUT2D eigenvalue weighted by Crippen LogP contribution is -2.52. The van der Waals surface area contributed by atoms with E-state index >= 15 is 0 Å². The van der Waals surface area contributed by atoms with Crippen LogP contribution in [0, 0.1) is 11.8 Å². The highest BCUT2D eigenvalue weighted by Crippen LogP contribution is 2.21. The molecule has 1 rings (SSSR count). The average molecular weight is 595 g/mol. The topological polar surface area (TPSA) is 114 Å². The molecule has 0 fully saturated rings. The Morgan fingerprint density at radius 2 is 1.68 bits per heavy atom. The largest absolute Gasteiger partial charge is 0.464 e. The standard InChI is InChI=1S/C31H54N2O7Si/c1-10-14-25(20-32-29(36)40-31(4,5)6)27(34)21-33(30(37)39-22-24-15-12-11-13-16-24)26(19-23(2)3)28(35)38-17-18-41(7,8)9/h11-13,15-16,23,25-27,34H,10,14,17-22H2,1-9H3,(H,32,36)/t25?,26-,27+/m0/s1. The maximum atomic E-state index is 13.5. The zero-order chi connectivity index (χ0) is 31.2. The molecule has 0 heterocycles. The first kappa shape index (κ1) is 36.4. The van der Waals surface area contributed by atoms with E-state index in [-0.39, 0.29) is 38.1 Å². The third-order valence-corrected chi connectivity index (χ3v) is 8.08. The van der Waals surface area contributed by atoms with E-state index in [0.29, 0.717) is 12.8 Å². The molecule has 2 amide bonds. The second kappa shape index (κ2) is 17.4. The van der Waals surface area contributed by atoms with Gasteiger partial charge < -0.3 is 24.6 Å². The van der Waals surface area contributed by atoms with Crippen LogP contribution in [-0.4, -0.2) is 73.7 Å². The number of alkyl carbamates (subject to hydrolysis) is 1. The Kier molecular flexibility index (Phi) is 15.4. The lowest BCUT2D eigenvalue weighted by molar-refractivity contribution is -0.150.